The highest BCUT2D eigenvalue weighted by Crippen LogP contribution is 2.22. The van der Waals surface area contributed by atoms with E-state index in [0.29, 0.717) is 50.1 Å². The summed E-state index contributed by atoms with van der Waals surface area (Å²) in [6.45, 7) is 7.33. The van der Waals surface area contributed by atoms with Crippen LogP contribution in [0, 0.1) is 0 Å². The molecule has 1 fully saturated rings. The van der Waals surface area contributed by atoms with Gasteiger partial charge < -0.3 is 14.8 Å². The average Bonchev–Trinajstić information content (AvgIpc) is 2.52. The Balaban J connectivity index is 0.00000264. The lowest BCUT2D eigenvalue weighted by atomic mass is 10.3. The van der Waals surface area contributed by atoms with Gasteiger partial charge >= 0.3 is 0 Å². The zero-order valence-electron chi connectivity index (χ0n) is 13.5. The molecule has 8 heteroatoms. The van der Waals surface area contributed by atoms with Gasteiger partial charge in [0.2, 0.25) is 10.0 Å². The first-order valence-corrected chi connectivity index (χ1v) is 9.03. The summed E-state index contributed by atoms with van der Waals surface area (Å²) in [5, 5.41) is 3.19. The molecule has 0 saturated carbocycles. The van der Waals surface area contributed by atoms with Gasteiger partial charge in [0, 0.05) is 32.3 Å². The van der Waals surface area contributed by atoms with Crippen LogP contribution in [0.5, 0.6) is 5.75 Å². The fourth-order valence-electron chi connectivity index (χ4n) is 2.39. The summed E-state index contributed by atoms with van der Waals surface area (Å²) in [7, 11) is -3.44. The minimum Gasteiger partial charge on any atom is -0.491 e. The van der Waals surface area contributed by atoms with Gasteiger partial charge in [-0.05, 0) is 38.1 Å². The molecule has 1 aromatic carbocycles. The molecule has 1 aliphatic rings. The smallest absolute Gasteiger partial charge is 0.243 e. The molecule has 132 valence electrons. The first-order valence-electron chi connectivity index (χ1n) is 7.59. The van der Waals surface area contributed by atoms with Crippen molar-refractivity contribution in [3.8, 4) is 5.75 Å². The molecule has 6 nitrogen and oxygen atoms in total. The van der Waals surface area contributed by atoms with Gasteiger partial charge in [-0.15, -0.1) is 12.4 Å². The Kier molecular flexibility index (Phi) is 8.28. The van der Waals surface area contributed by atoms with Crippen LogP contribution in [0.4, 0.5) is 0 Å². The average molecular weight is 365 g/mol. The molecule has 1 aromatic rings. The second-order valence-corrected chi connectivity index (χ2v) is 7.08. The van der Waals surface area contributed by atoms with Gasteiger partial charge in [-0.25, -0.2) is 8.42 Å². The number of hydrogen-bond acceptors (Lipinski definition) is 5. The van der Waals surface area contributed by atoms with Gasteiger partial charge in [0.05, 0.1) is 11.5 Å². The number of nitrogens with zero attached hydrogens (tertiary/aromatic N) is 1. The zero-order valence-corrected chi connectivity index (χ0v) is 15.2. The van der Waals surface area contributed by atoms with E-state index in [9.17, 15) is 8.42 Å². The van der Waals surface area contributed by atoms with Crippen molar-refractivity contribution < 1.29 is 17.9 Å². The summed E-state index contributed by atoms with van der Waals surface area (Å²) < 4.78 is 37.5. The maximum atomic E-state index is 12.6. The molecule has 0 aromatic heterocycles. The van der Waals surface area contributed by atoms with Crippen LogP contribution in [0.25, 0.3) is 0 Å². The predicted octanol–water partition coefficient (Wildman–Crippen LogP) is 1.51. The van der Waals surface area contributed by atoms with Crippen molar-refractivity contribution in [3.63, 3.8) is 0 Å². The number of rotatable bonds is 7. The predicted molar refractivity (Wildman–Crippen MR) is 91.9 cm³/mol. The van der Waals surface area contributed by atoms with Crippen molar-refractivity contribution in [1.29, 1.82) is 0 Å². The minimum atomic E-state index is -3.44. The Labute approximate surface area is 144 Å². The second kappa shape index (κ2) is 9.44. The van der Waals surface area contributed by atoms with Crippen LogP contribution in [-0.4, -0.2) is 58.2 Å². The van der Waals surface area contributed by atoms with Gasteiger partial charge in [0.25, 0.3) is 0 Å². The molecule has 0 bridgehead atoms. The summed E-state index contributed by atoms with van der Waals surface area (Å²) in [6, 6.07) is 6.53. The Morgan fingerprint density at radius 1 is 1.26 bits per heavy atom. The van der Waals surface area contributed by atoms with E-state index in [1.807, 2.05) is 13.8 Å². The van der Waals surface area contributed by atoms with Crippen LogP contribution in [0.3, 0.4) is 0 Å². The Hall–Kier alpha value is -0.860. The monoisotopic (exact) mass is 364 g/mol. The molecule has 0 aliphatic carbocycles. The number of halogens is 1. The molecule has 1 saturated heterocycles. The highest BCUT2D eigenvalue weighted by Gasteiger charge is 2.30. The molecule has 23 heavy (non-hydrogen) atoms. The molecule has 0 radical (unpaired) electrons. The van der Waals surface area contributed by atoms with E-state index < -0.39 is 10.0 Å². The van der Waals surface area contributed by atoms with Crippen molar-refractivity contribution in [3.05, 3.63) is 24.3 Å². The lowest BCUT2D eigenvalue weighted by Gasteiger charge is -2.32. The van der Waals surface area contributed by atoms with Gasteiger partial charge in [0.15, 0.2) is 0 Å². The summed E-state index contributed by atoms with van der Waals surface area (Å²) in [6.07, 6.45) is 0. The molecule has 2 rings (SSSR count). The quantitative estimate of drug-likeness (QED) is 0.743. The minimum absolute atomic E-state index is 0. The Bertz CT molecular complexity index is 565. The van der Waals surface area contributed by atoms with Crippen LogP contribution in [0.1, 0.15) is 13.8 Å². The largest absolute Gasteiger partial charge is 0.491 e. The fraction of sp³-hybridized carbons (Fsp3) is 0.600. The SMILES string of the molecule is CCOCCOc1ccc(S(=O)(=O)N2CCNCC2C)cc1.Cl. The van der Waals surface area contributed by atoms with E-state index in [1.54, 1.807) is 28.6 Å². The topological polar surface area (TPSA) is 67.9 Å². The Morgan fingerprint density at radius 3 is 2.57 bits per heavy atom. The number of benzene rings is 1. The van der Waals surface area contributed by atoms with Crippen LogP contribution in [-0.2, 0) is 14.8 Å². The van der Waals surface area contributed by atoms with Crippen LogP contribution in [0.15, 0.2) is 29.2 Å². The van der Waals surface area contributed by atoms with E-state index >= 15 is 0 Å². The molecule has 1 N–H and O–H groups in total. The van der Waals surface area contributed by atoms with Crippen LogP contribution >= 0.6 is 12.4 Å². The second-order valence-electron chi connectivity index (χ2n) is 5.19. The van der Waals surface area contributed by atoms with Gasteiger partial charge in [-0.2, -0.15) is 4.31 Å². The lowest BCUT2D eigenvalue weighted by Crippen LogP contribution is -2.52. The third kappa shape index (κ3) is 5.32. The highest BCUT2D eigenvalue weighted by molar-refractivity contribution is 7.89. The molecular weight excluding hydrogens is 340 g/mol. The lowest BCUT2D eigenvalue weighted by molar-refractivity contribution is 0.110. The normalized spacial score (nSPS) is 19.1. The van der Waals surface area contributed by atoms with Gasteiger partial charge in [-0.3, -0.25) is 0 Å². The Morgan fingerprint density at radius 2 is 1.96 bits per heavy atom. The van der Waals surface area contributed by atoms with Crippen LogP contribution < -0.4 is 10.1 Å². The molecule has 1 heterocycles. The highest BCUT2D eigenvalue weighted by atomic mass is 35.5. The summed E-state index contributed by atoms with van der Waals surface area (Å²) in [4.78, 5) is 0.304. The van der Waals surface area contributed by atoms with Gasteiger partial charge in [0.1, 0.15) is 12.4 Å². The number of ether oxygens (including phenoxy) is 2. The van der Waals surface area contributed by atoms with E-state index in [2.05, 4.69) is 5.32 Å². The van der Waals surface area contributed by atoms with Crippen molar-refractivity contribution in [2.24, 2.45) is 0 Å². The van der Waals surface area contributed by atoms with Crippen molar-refractivity contribution in [1.82, 2.24) is 9.62 Å². The summed E-state index contributed by atoms with van der Waals surface area (Å²) in [5.74, 6) is 0.645. The van der Waals surface area contributed by atoms with E-state index in [1.165, 1.54) is 0 Å². The summed E-state index contributed by atoms with van der Waals surface area (Å²) >= 11 is 0. The molecule has 1 aliphatic heterocycles. The molecule has 0 amide bonds. The summed E-state index contributed by atoms with van der Waals surface area (Å²) in [5.41, 5.74) is 0. The van der Waals surface area contributed by atoms with E-state index in [4.69, 9.17) is 9.47 Å². The standard InChI is InChI=1S/C15H24N2O4S.ClH/c1-3-20-10-11-21-14-4-6-15(7-5-14)22(18,19)17-9-8-16-12-13(17)2;/h4-7,13,16H,3,8-12H2,1-2H3;1H. The maximum absolute atomic E-state index is 12.6. The van der Waals surface area contributed by atoms with E-state index in [0.717, 1.165) is 0 Å². The first-order chi connectivity index (χ1) is 10.6. The van der Waals surface area contributed by atoms with Crippen molar-refractivity contribution in [2.75, 3.05) is 39.5 Å². The third-order valence-corrected chi connectivity index (χ3v) is 5.60. The zero-order chi connectivity index (χ0) is 16.0. The first kappa shape index (κ1) is 20.2. The molecular formula is C15H25ClN2O4S. The van der Waals surface area contributed by atoms with Crippen molar-refractivity contribution >= 4 is 22.4 Å². The molecule has 0 spiro atoms. The van der Waals surface area contributed by atoms with Gasteiger partial charge in [-0.1, -0.05) is 0 Å². The number of nitrogens with one attached hydrogen (secondary N) is 1. The number of sulfonamides is 1. The fourth-order valence-corrected chi connectivity index (χ4v) is 4.02. The van der Waals surface area contributed by atoms with Crippen LogP contribution in [0.2, 0.25) is 0 Å². The van der Waals surface area contributed by atoms with E-state index in [-0.39, 0.29) is 18.4 Å². The molecule has 1 atom stereocenters. The van der Waals surface area contributed by atoms with Crippen molar-refractivity contribution in [2.45, 2.75) is 24.8 Å². The number of hydrogen-bond donors (Lipinski definition) is 1. The molecule has 1 unspecified atom stereocenters. The third-order valence-electron chi connectivity index (χ3n) is 3.57. The number of piperazine rings is 1. The maximum Gasteiger partial charge on any atom is 0.243 e.